The monoisotopic (exact) mass is 256 g/mol. The number of benzene rings is 2. The van der Waals surface area contributed by atoms with Crippen molar-refractivity contribution in [2.24, 2.45) is 0 Å². The van der Waals surface area contributed by atoms with E-state index in [1.807, 2.05) is 0 Å². The van der Waals surface area contributed by atoms with Crippen molar-refractivity contribution < 1.29 is 24.5 Å². The molecule has 0 amide bonds. The molecule has 0 saturated heterocycles. The van der Waals surface area contributed by atoms with Gasteiger partial charge in [-0.05, 0) is 59.7 Å². The molecule has 0 aliphatic carbocycles. The molecule has 0 spiro atoms. The molecule has 2 rings (SSSR count). The SMILES string of the molecule is O=C([O-])c1ccc(Oc2ccc(C(=O)[O-])cc2)cc1. The molecule has 5 heteroatoms. The average molecular weight is 256 g/mol. The van der Waals surface area contributed by atoms with E-state index in [1.165, 1.54) is 48.5 Å². The molecular formula is C14H8O5-2. The molecule has 0 aliphatic rings. The third kappa shape index (κ3) is 3.10. The second kappa shape index (κ2) is 5.22. The zero-order valence-corrected chi connectivity index (χ0v) is 9.66. The number of rotatable bonds is 4. The lowest BCUT2D eigenvalue weighted by atomic mass is 10.2. The average Bonchev–Trinajstić information content (AvgIpc) is 2.40. The van der Waals surface area contributed by atoms with E-state index in [0.717, 1.165) is 0 Å². The van der Waals surface area contributed by atoms with Crippen molar-refractivity contribution in [3.05, 3.63) is 59.7 Å². The maximum Gasteiger partial charge on any atom is 0.127 e. The van der Waals surface area contributed by atoms with Crippen LogP contribution in [0.2, 0.25) is 0 Å². The third-order valence-corrected chi connectivity index (χ3v) is 2.42. The smallest absolute Gasteiger partial charge is 0.127 e. The molecule has 0 atom stereocenters. The van der Waals surface area contributed by atoms with Crippen molar-refractivity contribution in [2.75, 3.05) is 0 Å². The van der Waals surface area contributed by atoms with Gasteiger partial charge in [-0.3, -0.25) is 0 Å². The molecule has 5 nitrogen and oxygen atoms in total. The minimum absolute atomic E-state index is 0.0552. The topological polar surface area (TPSA) is 89.5 Å². The number of hydrogen-bond acceptors (Lipinski definition) is 5. The van der Waals surface area contributed by atoms with Crippen LogP contribution in [0.3, 0.4) is 0 Å². The second-order valence-electron chi connectivity index (χ2n) is 3.73. The van der Waals surface area contributed by atoms with Crippen molar-refractivity contribution in [1.29, 1.82) is 0 Å². The summed E-state index contributed by atoms with van der Waals surface area (Å²) in [6.45, 7) is 0. The summed E-state index contributed by atoms with van der Waals surface area (Å²) in [6, 6.07) is 11.4. The van der Waals surface area contributed by atoms with Crippen LogP contribution in [-0.4, -0.2) is 11.9 Å². The minimum atomic E-state index is -1.26. The van der Waals surface area contributed by atoms with Crippen LogP contribution in [0, 0.1) is 0 Å². The van der Waals surface area contributed by atoms with Gasteiger partial charge in [-0.2, -0.15) is 0 Å². The summed E-state index contributed by atoms with van der Waals surface area (Å²) in [5.74, 6) is -1.65. The van der Waals surface area contributed by atoms with Crippen LogP contribution in [0.4, 0.5) is 0 Å². The molecule has 2 aromatic carbocycles. The molecule has 0 unspecified atom stereocenters. The number of carboxylic acids is 2. The highest BCUT2D eigenvalue weighted by atomic mass is 16.5. The number of carbonyl (C=O) groups excluding carboxylic acids is 2. The molecule has 2 aromatic rings. The van der Waals surface area contributed by atoms with E-state index in [9.17, 15) is 19.8 Å². The number of carboxylic acid groups (broad SMARTS) is 2. The molecule has 0 radical (unpaired) electrons. The molecule has 0 N–H and O–H groups in total. The molecule has 0 aromatic heterocycles. The highest BCUT2D eigenvalue weighted by molar-refractivity contribution is 5.86. The van der Waals surface area contributed by atoms with Gasteiger partial charge in [-0.25, -0.2) is 0 Å². The van der Waals surface area contributed by atoms with Crippen molar-refractivity contribution in [2.45, 2.75) is 0 Å². The van der Waals surface area contributed by atoms with E-state index in [0.29, 0.717) is 11.5 Å². The first-order chi connectivity index (χ1) is 9.06. The van der Waals surface area contributed by atoms with Gasteiger partial charge in [0, 0.05) is 0 Å². The first-order valence-electron chi connectivity index (χ1n) is 5.37. The number of carbonyl (C=O) groups is 2. The van der Waals surface area contributed by atoms with Crippen molar-refractivity contribution >= 4 is 11.9 Å². The Morgan fingerprint density at radius 2 is 1.00 bits per heavy atom. The van der Waals surface area contributed by atoms with Gasteiger partial charge < -0.3 is 24.5 Å². The fourth-order valence-corrected chi connectivity index (χ4v) is 1.45. The van der Waals surface area contributed by atoms with E-state index in [4.69, 9.17) is 4.74 Å². The number of hydrogen-bond donors (Lipinski definition) is 0. The second-order valence-corrected chi connectivity index (χ2v) is 3.73. The summed E-state index contributed by atoms with van der Waals surface area (Å²) >= 11 is 0. The van der Waals surface area contributed by atoms with Crippen LogP contribution in [0.25, 0.3) is 0 Å². The summed E-state index contributed by atoms with van der Waals surface area (Å²) in [5.41, 5.74) is 0.110. The highest BCUT2D eigenvalue weighted by Crippen LogP contribution is 2.21. The van der Waals surface area contributed by atoms with Crippen LogP contribution < -0.4 is 14.9 Å². The Morgan fingerprint density at radius 3 is 1.26 bits per heavy atom. The van der Waals surface area contributed by atoms with E-state index < -0.39 is 11.9 Å². The van der Waals surface area contributed by atoms with Crippen LogP contribution >= 0.6 is 0 Å². The van der Waals surface area contributed by atoms with Crippen molar-refractivity contribution in [3.63, 3.8) is 0 Å². The Balaban J connectivity index is 2.12. The number of ether oxygens (including phenoxy) is 1. The summed E-state index contributed by atoms with van der Waals surface area (Å²) in [6.07, 6.45) is 0. The summed E-state index contributed by atoms with van der Waals surface area (Å²) in [7, 11) is 0. The third-order valence-electron chi connectivity index (χ3n) is 2.42. The Labute approximate surface area is 108 Å². The van der Waals surface area contributed by atoms with Crippen molar-refractivity contribution in [1.82, 2.24) is 0 Å². The molecular weight excluding hydrogens is 248 g/mol. The first-order valence-corrected chi connectivity index (χ1v) is 5.37. The van der Waals surface area contributed by atoms with E-state index in [-0.39, 0.29) is 11.1 Å². The summed E-state index contributed by atoms with van der Waals surface area (Å²) in [5, 5.41) is 21.1. The highest BCUT2D eigenvalue weighted by Gasteiger charge is 1.99. The van der Waals surface area contributed by atoms with Gasteiger partial charge in [0.15, 0.2) is 0 Å². The lowest BCUT2D eigenvalue weighted by Gasteiger charge is -2.08. The quantitative estimate of drug-likeness (QED) is 0.779. The van der Waals surface area contributed by atoms with Gasteiger partial charge in [0.1, 0.15) is 11.5 Å². The Hall–Kier alpha value is -2.82. The predicted molar refractivity (Wildman–Crippen MR) is 61.6 cm³/mol. The Kier molecular flexibility index (Phi) is 3.47. The van der Waals surface area contributed by atoms with Gasteiger partial charge in [-0.15, -0.1) is 0 Å². The fourth-order valence-electron chi connectivity index (χ4n) is 1.45. The van der Waals surface area contributed by atoms with Crippen LogP contribution in [0.15, 0.2) is 48.5 Å². The number of aromatic carboxylic acids is 2. The van der Waals surface area contributed by atoms with Crippen LogP contribution in [0.5, 0.6) is 11.5 Å². The van der Waals surface area contributed by atoms with Gasteiger partial charge in [-0.1, -0.05) is 0 Å². The predicted octanol–water partition coefficient (Wildman–Crippen LogP) is 0.206. The normalized spacial score (nSPS) is 9.89. The molecule has 0 heterocycles. The van der Waals surface area contributed by atoms with Gasteiger partial charge in [0.2, 0.25) is 0 Å². The maximum absolute atomic E-state index is 10.6. The molecule has 19 heavy (non-hydrogen) atoms. The van der Waals surface area contributed by atoms with Gasteiger partial charge in [0.05, 0.1) is 11.9 Å². The largest absolute Gasteiger partial charge is 0.545 e. The zero-order chi connectivity index (χ0) is 13.8. The van der Waals surface area contributed by atoms with Crippen molar-refractivity contribution in [3.8, 4) is 11.5 Å². The van der Waals surface area contributed by atoms with Gasteiger partial charge in [0.25, 0.3) is 0 Å². The molecule has 0 bridgehead atoms. The van der Waals surface area contributed by atoms with Crippen LogP contribution in [0.1, 0.15) is 20.7 Å². The van der Waals surface area contributed by atoms with E-state index in [2.05, 4.69) is 0 Å². The summed E-state index contributed by atoms with van der Waals surface area (Å²) in [4.78, 5) is 21.1. The fraction of sp³-hybridized carbons (Fsp3) is 0. The Bertz CT molecular complexity index is 543. The molecule has 96 valence electrons. The molecule has 0 aliphatic heterocycles. The molecule has 0 saturated carbocycles. The lowest BCUT2D eigenvalue weighted by Crippen LogP contribution is -2.22. The lowest BCUT2D eigenvalue weighted by molar-refractivity contribution is -0.256. The molecule has 0 fully saturated rings. The zero-order valence-electron chi connectivity index (χ0n) is 9.66. The maximum atomic E-state index is 10.6. The van der Waals surface area contributed by atoms with Crippen LogP contribution in [-0.2, 0) is 0 Å². The minimum Gasteiger partial charge on any atom is -0.545 e. The first kappa shape index (κ1) is 12.6. The summed E-state index contributed by atoms with van der Waals surface area (Å²) < 4.78 is 5.42. The Morgan fingerprint density at radius 1 is 0.684 bits per heavy atom. The standard InChI is InChI=1S/C14H10O5/c15-13(16)9-1-5-11(6-2-9)19-12-7-3-10(4-8-12)14(17)18/h1-8H,(H,15,16)(H,17,18)/p-2. The van der Waals surface area contributed by atoms with E-state index in [1.54, 1.807) is 0 Å². The van der Waals surface area contributed by atoms with Gasteiger partial charge >= 0.3 is 0 Å². The van der Waals surface area contributed by atoms with E-state index >= 15 is 0 Å².